The number of amides is 1. The normalized spacial score (nSPS) is 10.7. The van der Waals surface area contributed by atoms with E-state index in [1.165, 1.54) is 0 Å². The summed E-state index contributed by atoms with van der Waals surface area (Å²) >= 11 is 0. The van der Waals surface area contributed by atoms with Gasteiger partial charge in [-0.1, -0.05) is 30.3 Å². The molecule has 0 saturated heterocycles. The number of hydrogen-bond acceptors (Lipinski definition) is 4. The van der Waals surface area contributed by atoms with Crippen LogP contribution in [0.25, 0.3) is 22.7 Å². The van der Waals surface area contributed by atoms with Crippen molar-refractivity contribution in [3.8, 4) is 22.7 Å². The molecule has 3 N–H and O–H groups in total. The predicted octanol–water partition coefficient (Wildman–Crippen LogP) is 3.31. The van der Waals surface area contributed by atoms with E-state index < -0.39 is 0 Å². The standard InChI is InChI=1S/C17H13N5O2/c23-17(14-9-13(20-21-14)15-7-4-8-24-15)18-16-10-12(19-22-16)11-5-2-1-3-6-11/h1-10H,(H,20,21)(H2,18,19,22,23). The smallest absolute Gasteiger partial charge is 0.277 e. The lowest BCUT2D eigenvalue weighted by Crippen LogP contribution is -2.12. The molecule has 7 nitrogen and oxygen atoms in total. The fraction of sp³-hybridized carbons (Fsp3) is 0. The van der Waals surface area contributed by atoms with Gasteiger partial charge in [0.15, 0.2) is 17.3 Å². The van der Waals surface area contributed by atoms with Gasteiger partial charge in [-0.15, -0.1) is 0 Å². The van der Waals surface area contributed by atoms with E-state index in [9.17, 15) is 4.79 Å². The second-order valence-corrected chi connectivity index (χ2v) is 5.13. The van der Waals surface area contributed by atoms with E-state index in [-0.39, 0.29) is 11.6 Å². The number of aromatic nitrogens is 4. The molecule has 0 saturated carbocycles. The third-order valence-corrected chi connectivity index (χ3v) is 3.50. The van der Waals surface area contributed by atoms with Crippen molar-refractivity contribution in [3.05, 3.63) is 66.6 Å². The van der Waals surface area contributed by atoms with Gasteiger partial charge >= 0.3 is 0 Å². The van der Waals surface area contributed by atoms with Crippen LogP contribution >= 0.6 is 0 Å². The van der Waals surface area contributed by atoms with Crippen molar-refractivity contribution in [3.63, 3.8) is 0 Å². The van der Waals surface area contributed by atoms with Crippen molar-refractivity contribution in [1.29, 1.82) is 0 Å². The Kier molecular flexibility index (Phi) is 3.43. The SMILES string of the molecule is O=C(Nc1cc(-c2ccccc2)[nH]n1)c1cc(-c2ccco2)[nH]n1. The van der Waals surface area contributed by atoms with E-state index in [2.05, 4.69) is 25.7 Å². The first-order chi connectivity index (χ1) is 11.8. The minimum atomic E-state index is -0.352. The van der Waals surface area contributed by atoms with E-state index >= 15 is 0 Å². The maximum atomic E-state index is 12.3. The van der Waals surface area contributed by atoms with E-state index in [1.54, 1.807) is 30.5 Å². The first kappa shape index (κ1) is 14.0. The summed E-state index contributed by atoms with van der Waals surface area (Å²) in [4.78, 5) is 12.3. The van der Waals surface area contributed by atoms with Crippen LogP contribution in [0.4, 0.5) is 5.82 Å². The van der Waals surface area contributed by atoms with Crippen LogP contribution in [0, 0.1) is 0 Å². The van der Waals surface area contributed by atoms with Gasteiger partial charge in [-0.25, -0.2) is 0 Å². The molecule has 4 rings (SSSR count). The van der Waals surface area contributed by atoms with Crippen molar-refractivity contribution in [2.24, 2.45) is 0 Å². The van der Waals surface area contributed by atoms with Crippen LogP contribution in [0.1, 0.15) is 10.5 Å². The average Bonchev–Trinajstić information content (AvgIpc) is 3.36. The Bertz CT molecular complexity index is 954. The van der Waals surface area contributed by atoms with Gasteiger partial charge in [0.2, 0.25) is 0 Å². The molecule has 0 fully saturated rings. The summed E-state index contributed by atoms with van der Waals surface area (Å²) in [7, 11) is 0. The Morgan fingerprint density at radius 2 is 1.79 bits per heavy atom. The summed E-state index contributed by atoms with van der Waals surface area (Å²) in [6, 6.07) is 16.7. The van der Waals surface area contributed by atoms with Crippen LogP contribution in [0.2, 0.25) is 0 Å². The van der Waals surface area contributed by atoms with Crippen LogP contribution in [0.15, 0.2) is 65.3 Å². The van der Waals surface area contributed by atoms with Gasteiger partial charge < -0.3 is 9.73 Å². The Balaban J connectivity index is 1.50. The second-order valence-electron chi connectivity index (χ2n) is 5.13. The number of rotatable bonds is 4. The molecule has 0 radical (unpaired) electrons. The minimum Gasteiger partial charge on any atom is -0.463 e. The largest absolute Gasteiger partial charge is 0.463 e. The first-order valence-electron chi connectivity index (χ1n) is 7.31. The number of nitrogens with one attached hydrogen (secondary N) is 3. The van der Waals surface area contributed by atoms with Gasteiger partial charge in [0.25, 0.3) is 5.91 Å². The number of anilines is 1. The van der Waals surface area contributed by atoms with Gasteiger partial charge in [0.1, 0.15) is 5.69 Å². The molecule has 118 valence electrons. The molecule has 0 unspecified atom stereocenters. The number of carbonyl (C=O) groups excluding carboxylic acids is 1. The van der Waals surface area contributed by atoms with Crippen molar-refractivity contribution in [2.45, 2.75) is 0 Å². The quantitative estimate of drug-likeness (QED) is 0.537. The Morgan fingerprint density at radius 1 is 0.958 bits per heavy atom. The summed E-state index contributed by atoms with van der Waals surface area (Å²) in [6.07, 6.45) is 1.56. The third kappa shape index (κ3) is 2.70. The first-order valence-corrected chi connectivity index (χ1v) is 7.31. The van der Waals surface area contributed by atoms with Gasteiger partial charge in [-0.05, 0) is 17.7 Å². The van der Waals surface area contributed by atoms with E-state index in [4.69, 9.17) is 4.42 Å². The number of carbonyl (C=O) groups is 1. The molecule has 0 aliphatic heterocycles. The summed E-state index contributed by atoms with van der Waals surface area (Å²) < 4.78 is 5.26. The minimum absolute atomic E-state index is 0.255. The van der Waals surface area contributed by atoms with Crippen LogP contribution in [0.3, 0.4) is 0 Å². The van der Waals surface area contributed by atoms with E-state index in [0.29, 0.717) is 17.3 Å². The Hall–Kier alpha value is -3.61. The van der Waals surface area contributed by atoms with Crippen LogP contribution in [0.5, 0.6) is 0 Å². The Morgan fingerprint density at radius 3 is 2.58 bits per heavy atom. The average molecular weight is 319 g/mol. The molecule has 0 aliphatic carbocycles. The molecular weight excluding hydrogens is 306 g/mol. The fourth-order valence-corrected chi connectivity index (χ4v) is 2.33. The number of nitrogens with zero attached hydrogens (tertiary/aromatic N) is 2. The molecule has 24 heavy (non-hydrogen) atoms. The van der Waals surface area contributed by atoms with Gasteiger partial charge in [0, 0.05) is 12.1 Å². The molecule has 0 atom stereocenters. The van der Waals surface area contributed by atoms with Crippen molar-refractivity contribution in [2.75, 3.05) is 5.32 Å². The number of H-pyrrole nitrogens is 2. The zero-order valence-electron chi connectivity index (χ0n) is 12.5. The Labute approximate surface area is 136 Å². The molecule has 4 aromatic rings. The molecule has 3 heterocycles. The molecule has 0 aliphatic rings. The monoisotopic (exact) mass is 319 g/mol. The van der Waals surface area contributed by atoms with Crippen molar-refractivity contribution in [1.82, 2.24) is 20.4 Å². The highest BCUT2D eigenvalue weighted by atomic mass is 16.3. The van der Waals surface area contributed by atoms with Gasteiger partial charge in [0.05, 0.1) is 12.0 Å². The number of hydrogen-bond donors (Lipinski definition) is 3. The molecule has 0 spiro atoms. The zero-order chi connectivity index (χ0) is 16.4. The van der Waals surface area contributed by atoms with Gasteiger partial charge in [-0.2, -0.15) is 10.2 Å². The molecule has 0 bridgehead atoms. The zero-order valence-corrected chi connectivity index (χ0v) is 12.5. The number of benzene rings is 1. The number of furan rings is 1. The van der Waals surface area contributed by atoms with Crippen LogP contribution in [-0.4, -0.2) is 26.3 Å². The lowest BCUT2D eigenvalue weighted by molar-refractivity contribution is 0.102. The van der Waals surface area contributed by atoms with Crippen LogP contribution in [-0.2, 0) is 0 Å². The highest BCUT2D eigenvalue weighted by Gasteiger charge is 2.14. The van der Waals surface area contributed by atoms with Crippen molar-refractivity contribution < 1.29 is 9.21 Å². The molecule has 7 heteroatoms. The highest BCUT2D eigenvalue weighted by Crippen LogP contribution is 2.20. The predicted molar refractivity (Wildman–Crippen MR) is 88.3 cm³/mol. The summed E-state index contributed by atoms with van der Waals surface area (Å²) in [5.74, 6) is 0.698. The molecule has 3 aromatic heterocycles. The van der Waals surface area contributed by atoms with Crippen molar-refractivity contribution >= 4 is 11.7 Å². The van der Waals surface area contributed by atoms with Crippen LogP contribution < -0.4 is 5.32 Å². The lowest BCUT2D eigenvalue weighted by Gasteiger charge is -1.97. The maximum Gasteiger partial charge on any atom is 0.277 e. The number of aromatic amines is 2. The summed E-state index contributed by atoms with van der Waals surface area (Å²) in [5.41, 5.74) is 2.71. The van der Waals surface area contributed by atoms with Gasteiger partial charge in [-0.3, -0.25) is 15.0 Å². The van der Waals surface area contributed by atoms with E-state index in [0.717, 1.165) is 11.3 Å². The molecule has 1 amide bonds. The fourth-order valence-electron chi connectivity index (χ4n) is 2.33. The second kappa shape index (κ2) is 5.88. The van der Waals surface area contributed by atoms with E-state index in [1.807, 2.05) is 30.3 Å². The summed E-state index contributed by atoms with van der Waals surface area (Å²) in [6.45, 7) is 0. The lowest BCUT2D eigenvalue weighted by atomic mass is 10.1. The summed E-state index contributed by atoms with van der Waals surface area (Å²) in [5, 5.41) is 16.5. The molecular formula is C17H13N5O2. The molecule has 1 aromatic carbocycles. The maximum absolute atomic E-state index is 12.3. The third-order valence-electron chi connectivity index (χ3n) is 3.50. The highest BCUT2D eigenvalue weighted by molar-refractivity contribution is 6.03. The topological polar surface area (TPSA) is 99.6 Å².